The molecule has 0 atom stereocenters. The number of carbonyl (C=O) groups is 1. The first-order valence-corrected chi connectivity index (χ1v) is 12.4. The van der Waals surface area contributed by atoms with E-state index in [0.717, 1.165) is 46.0 Å². The van der Waals surface area contributed by atoms with Gasteiger partial charge in [0.2, 0.25) is 0 Å². The van der Waals surface area contributed by atoms with Crippen LogP contribution in [-0.4, -0.2) is 64.2 Å². The minimum Gasteiger partial charge on any atom is -0.508 e. The van der Waals surface area contributed by atoms with Crippen LogP contribution in [0.2, 0.25) is 0 Å². The lowest BCUT2D eigenvalue weighted by Gasteiger charge is -2.33. The number of piperidine rings is 1. The van der Waals surface area contributed by atoms with Gasteiger partial charge in [0.1, 0.15) is 11.4 Å². The molecule has 0 saturated carbocycles. The molecule has 1 aliphatic heterocycles. The lowest BCUT2D eigenvalue weighted by Crippen LogP contribution is -2.41. The van der Waals surface area contributed by atoms with Gasteiger partial charge in [-0.25, -0.2) is 9.78 Å². The standard InChI is InChI=1S/C28H32N4O5/c1-28(2,3)37-27(34)32-12-10-17(11-13-32)25-23-19-14-21(35-4)22(36-5)15-20(19)24(29-26(23)31-30-25)16-6-8-18(33)9-7-16/h6-9,14-15,17,33H,10-13H2,1-5H3,(H,29,30,31). The largest absolute Gasteiger partial charge is 0.508 e. The number of nitrogens with one attached hydrogen (secondary N) is 1. The van der Waals surface area contributed by atoms with Crippen LogP contribution in [-0.2, 0) is 4.74 Å². The molecule has 0 radical (unpaired) electrons. The molecule has 4 aromatic rings. The van der Waals surface area contributed by atoms with Crippen molar-refractivity contribution in [2.24, 2.45) is 0 Å². The molecule has 3 heterocycles. The highest BCUT2D eigenvalue weighted by atomic mass is 16.6. The highest BCUT2D eigenvalue weighted by molar-refractivity contribution is 6.12. The number of rotatable bonds is 4. The normalized spacial score (nSPS) is 14.8. The van der Waals surface area contributed by atoms with Gasteiger partial charge in [-0.3, -0.25) is 5.10 Å². The van der Waals surface area contributed by atoms with E-state index in [0.29, 0.717) is 30.2 Å². The van der Waals surface area contributed by atoms with Crippen LogP contribution in [0.4, 0.5) is 4.79 Å². The number of pyridine rings is 1. The van der Waals surface area contributed by atoms with Crippen molar-refractivity contribution >= 4 is 27.9 Å². The van der Waals surface area contributed by atoms with E-state index >= 15 is 0 Å². The van der Waals surface area contributed by atoms with Crippen LogP contribution < -0.4 is 9.47 Å². The van der Waals surface area contributed by atoms with Crippen molar-refractivity contribution in [3.63, 3.8) is 0 Å². The molecule has 1 fully saturated rings. The second kappa shape index (κ2) is 9.46. The second-order valence-electron chi connectivity index (χ2n) is 10.3. The molecular formula is C28H32N4O5. The number of aromatic amines is 1. The molecular weight excluding hydrogens is 472 g/mol. The van der Waals surface area contributed by atoms with Gasteiger partial charge in [-0.15, -0.1) is 0 Å². The van der Waals surface area contributed by atoms with Crippen LogP contribution in [0.3, 0.4) is 0 Å². The molecule has 1 amide bonds. The van der Waals surface area contributed by atoms with Crippen LogP contribution in [0.15, 0.2) is 36.4 Å². The van der Waals surface area contributed by atoms with E-state index in [1.54, 1.807) is 31.3 Å². The van der Waals surface area contributed by atoms with Crippen LogP contribution in [0, 0.1) is 0 Å². The number of methoxy groups -OCH3 is 2. The minimum atomic E-state index is -0.520. The maximum absolute atomic E-state index is 12.6. The van der Waals surface area contributed by atoms with E-state index in [9.17, 15) is 9.90 Å². The van der Waals surface area contributed by atoms with Gasteiger partial charge in [-0.1, -0.05) is 0 Å². The minimum absolute atomic E-state index is 0.182. The number of amides is 1. The predicted octanol–water partition coefficient (Wildman–Crippen LogP) is 5.62. The highest BCUT2D eigenvalue weighted by Crippen LogP contribution is 2.42. The first kappa shape index (κ1) is 24.7. The van der Waals surface area contributed by atoms with Gasteiger partial charge >= 0.3 is 6.09 Å². The summed E-state index contributed by atoms with van der Waals surface area (Å²) < 4.78 is 16.8. The van der Waals surface area contributed by atoms with E-state index in [-0.39, 0.29) is 17.8 Å². The van der Waals surface area contributed by atoms with Gasteiger partial charge in [0.15, 0.2) is 17.1 Å². The van der Waals surface area contributed by atoms with Crippen LogP contribution >= 0.6 is 0 Å². The van der Waals surface area contributed by atoms with E-state index in [4.69, 9.17) is 19.2 Å². The molecule has 0 unspecified atom stereocenters. The molecule has 0 bridgehead atoms. The van der Waals surface area contributed by atoms with Gasteiger partial charge in [0.05, 0.1) is 25.3 Å². The van der Waals surface area contributed by atoms with Crippen LogP contribution in [0.25, 0.3) is 33.1 Å². The number of H-pyrrole nitrogens is 1. The third-order valence-electron chi connectivity index (χ3n) is 6.74. The molecule has 1 saturated heterocycles. The smallest absolute Gasteiger partial charge is 0.410 e. The first-order valence-electron chi connectivity index (χ1n) is 12.4. The monoisotopic (exact) mass is 504 g/mol. The van der Waals surface area contributed by atoms with Crippen molar-refractivity contribution in [2.75, 3.05) is 27.3 Å². The van der Waals surface area contributed by atoms with E-state index in [2.05, 4.69) is 10.2 Å². The number of benzene rings is 2. The molecule has 1 aliphatic rings. The Morgan fingerprint density at radius 3 is 2.24 bits per heavy atom. The lowest BCUT2D eigenvalue weighted by atomic mass is 9.90. The molecule has 2 aromatic carbocycles. The summed E-state index contributed by atoms with van der Waals surface area (Å²) in [6.45, 7) is 6.84. The second-order valence-corrected chi connectivity index (χ2v) is 10.3. The lowest BCUT2D eigenvalue weighted by molar-refractivity contribution is 0.0204. The molecule has 37 heavy (non-hydrogen) atoms. The van der Waals surface area contributed by atoms with Crippen molar-refractivity contribution in [1.82, 2.24) is 20.1 Å². The fourth-order valence-electron chi connectivity index (χ4n) is 4.95. The Labute approximate surface area is 215 Å². The summed E-state index contributed by atoms with van der Waals surface area (Å²) in [6, 6.07) is 10.9. The predicted molar refractivity (Wildman–Crippen MR) is 141 cm³/mol. The summed E-state index contributed by atoms with van der Waals surface area (Å²) in [6.07, 6.45) is 1.29. The summed E-state index contributed by atoms with van der Waals surface area (Å²) in [5, 5.41) is 20.4. The number of aromatic hydroxyl groups is 1. The molecule has 5 rings (SSSR count). The summed E-state index contributed by atoms with van der Waals surface area (Å²) in [5.74, 6) is 1.59. The number of fused-ring (bicyclic) bond motifs is 3. The molecule has 2 N–H and O–H groups in total. The number of ether oxygens (including phenoxy) is 3. The first-order chi connectivity index (χ1) is 17.7. The Hall–Kier alpha value is -4.01. The topological polar surface area (TPSA) is 110 Å². The maximum atomic E-state index is 12.6. The Balaban J connectivity index is 1.58. The summed E-state index contributed by atoms with van der Waals surface area (Å²) >= 11 is 0. The number of hydrogen-bond acceptors (Lipinski definition) is 7. The third kappa shape index (κ3) is 4.73. The number of nitrogens with zero attached hydrogens (tertiary/aromatic N) is 3. The van der Waals surface area contributed by atoms with Crippen molar-refractivity contribution in [3.05, 3.63) is 42.1 Å². The average molecular weight is 505 g/mol. The third-order valence-corrected chi connectivity index (χ3v) is 6.74. The van der Waals surface area contributed by atoms with E-state index in [1.165, 1.54) is 0 Å². The quantitative estimate of drug-likeness (QED) is 0.371. The van der Waals surface area contributed by atoms with Gasteiger partial charge in [0, 0.05) is 41.0 Å². The molecule has 0 spiro atoms. The van der Waals surface area contributed by atoms with Gasteiger partial charge < -0.3 is 24.2 Å². The Kier molecular flexibility index (Phi) is 6.31. The SMILES string of the molecule is COc1cc2c(-c3ccc(O)cc3)nc3n[nH]c(C4CCN(C(=O)OC(C)(C)C)CC4)c3c2cc1OC. The zero-order valence-electron chi connectivity index (χ0n) is 21.8. The molecule has 9 heteroatoms. The number of phenolic OH excluding ortho intramolecular Hbond substituents is 1. The van der Waals surface area contributed by atoms with Crippen molar-refractivity contribution < 1.29 is 24.1 Å². The zero-order chi connectivity index (χ0) is 26.3. The average Bonchev–Trinajstić information content (AvgIpc) is 3.31. The number of aromatic nitrogens is 3. The fraction of sp³-hybridized carbons (Fsp3) is 0.393. The van der Waals surface area contributed by atoms with Crippen LogP contribution in [0.5, 0.6) is 17.2 Å². The summed E-state index contributed by atoms with van der Waals surface area (Å²) in [7, 11) is 3.23. The molecule has 194 valence electrons. The van der Waals surface area contributed by atoms with E-state index < -0.39 is 5.60 Å². The van der Waals surface area contributed by atoms with Crippen molar-refractivity contribution in [1.29, 1.82) is 0 Å². The fourth-order valence-corrected chi connectivity index (χ4v) is 4.95. The highest BCUT2D eigenvalue weighted by Gasteiger charge is 2.30. The number of likely N-dealkylation sites (tertiary alicyclic amines) is 1. The molecule has 0 aliphatic carbocycles. The Morgan fingerprint density at radius 1 is 1.03 bits per heavy atom. The molecule has 9 nitrogen and oxygen atoms in total. The zero-order valence-corrected chi connectivity index (χ0v) is 21.8. The van der Waals surface area contributed by atoms with Crippen molar-refractivity contribution in [2.45, 2.75) is 45.1 Å². The summed E-state index contributed by atoms with van der Waals surface area (Å²) in [5.41, 5.74) is 2.68. The maximum Gasteiger partial charge on any atom is 0.410 e. The molecule has 2 aromatic heterocycles. The Morgan fingerprint density at radius 2 is 1.65 bits per heavy atom. The number of phenols is 1. The van der Waals surface area contributed by atoms with Gasteiger partial charge in [-0.05, 0) is 70.0 Å². The van der Waals surface area contributed by atoms with Gasteiger partial charge in [-0.2, -0.15) is 5.10 Å². The van der Waals surface area contributed by atoms with Gasteiger partial charge in [0.25, 0.3) is 0 Å². The van der Waals surface area contributed by atoms with Crippen molar-refractivity contribution in [3.8, 4) is 28.5 Å². The number of carbonyl (C=O) groups excluding carboxylic acids is 1. The summed E-state index contributed by atoms with van der Waals surface area (Å²) in [4.78, 5) is 19.2. The van der Waals surface area contributed by atoms with E-state index in [1.807, 2.05) is 45.0 Å². The Bertz CT molecular complexity index is 1450. The van der Waals surface area contributed by atoms with Crippen LogP contribution in [0.1, 0.15) is 45.2 Å². The number of hydrogen-bond donors (Lipinski definition) is 2.